The molecule has 3 heterocycles. The molecule has 0 aromatic carbocycles. The Bertz CT molecular complexity index is 1040. The highest BCUT2D eigenvalue weighted by Crippen LogP contribution is 2.33. The Morgan fingerprint density at radius 3 is 2.45 bits per heavy atom. The van der Waals surface area contributed by atoms with E-state index in [0.717, 1.165) is 5.69 Å². The van der Waals surface area contributed by atoms with Gasteiger partial charge < -0.3 is 14.4 Å². The van der Waals surface area contributed by atoms with Gasteiger partial charge in [-0.15, -0.1) is 0 Å². The lowest BCUT2D eigenvalue weighted by molar-refractivity contribution is -0.192. The Morgan fingerprint density at radius 1 is 1.19 bits per heavy atom. The second kappa shape index (κ2) is 8.83. The Hall–Kier alpha value is -2.67. The molecule has 8 nitrogen and oxygen atoms in total. The number of pyridine rings is 1. The number of ether oxygens (including phenoxy) is 1. The van der Waals surface area contributed by atoms with Crippen LogP contribution in [0.25, 0.3) is 0 Å². The van der Waals surface area contributed by atoms with Gasteiger partial charge in [0.25, 0.3) is 5.88 Å². The number of sulfonamides is 1. The van der Waals surface area contributed by atoms with E-state index in [1.165, 1.54) is 22.6 Å². The summed E-state index contributed by atoms with van der Waals surface area (Å²) in [7, 11) is -3.34. The van der Waals surface area contributed by atoms with Crippen LogP contribution in [0.1, 0.15) is 18.5 Å². The lowest BCUT2D eigenvalue weighted by atomic mass is 10.3. The first-order valence-electron chi connectivity index (χ1n) is 9.18. The second-order valence-corrected chi connectivity index (χ2v) is 9.23. The highest BCUT2D eigenvalue weighted by molar-refractivity contribution is 7.90. The summed E-state index contributed by atoms with van der Waals surface area (Å²) in [5, 5.41) is 6.84. The fourth-order valence-corrected chi connectivity index (χ4v) is 4.82. The number of halogens is 4. The third-order valence-corrected chi connectivity index (χ3v) is 6.93. The molecule has 0 saturated heterocycles. The number of aromatic nitrogens is 2. The van der Waals surface area contributed by atoms with Crippen molar-refractivity contribution < 1.29 is 40.6 Å². The maximum Gasteiger partial charge on any atom is 0.490 e. The molecule has 170 valence electrons. The van der Waals surface area contributed by atoms with Gasteiger partial charge in [0, 0.05) is 18.1 Å². The van der Waals surface area contributed by atoms with E-state index in [2.05, 4.69) is 4.98 Å². The van der Waals surface area contributed by atoms with Gasteiger partial charge in [0.15, 0.2) is 5.82 Å². The van der Waals surface area contributed by atoms with Crippen molar-refractivity contribution in [2.24, 2.45) is 0 Å². The van der Waals surface area contributed by atoms with Crippen molar-refractivity contribution in [2.45, 2.75) is 43.5 Å². The van der Waals surface area contributed by atoms with Crippen molar-refractivity contribution >= 4 is 16.0 Å². The van der Waals surface area contributed by atoms with E-state index >= 15 is 0 Å². The molecule has 2 aliphatic rings. The monoisotopic (exact) mass is 465 g/mol. The van der Waals surface area contributed by atoms with Crippen LogP contribution >= 0.6 is 0 Å². The molecule has 1 aliphatic carbocycles. The van der Waals surface area contributed by atoms with E-state index in [4.69, 9.17) is 14.6 Å². The number of rotatable bonds is 4. The van der Waals surface area contributed by atoms with Crippen molar-refractivity contribution in [2.75, 3.05) is 6.54 Å². The molecule has 1 aliphatic heterocycles. The Kier molecular flexibility index (Phi) is 6.55. The first-order valence-corrected chi connectivity index (χ1v) is 10.7. The first-order chi connectivity index (χ1) is 14.5. The van der Waals surface area contributed by atoms with Crippen LogP contribution in [0.3, 0.4) is 0 Å². The molecule has 0 radical (unpaired) electrons. The zero-order chi connectivity index (χ0) is 22.8. The highest BCUT2D eigenvalue weighted by atomic mass is 32.2. The molecule has 0 amide bonds. The van der Waals surface area contributed by atoms with Crippen LogP contribution in [0.2, 0.25) is 0 Å². The lowest BCUT2D eigenvalue weighted by Crippen LogP contribution is -2.40. The normalized spacial score (nSPS) is 19.5. The number of aliphatic carboxylic acids is 1. The summed E-state index contributed by atoms with van der Waals surface area (Å²) in [6.07, 6.45) is -0.833. The zero-order valence-electron chi connectivity index (χ0n) is 16.0. The topological polar surface area (TPSA) is 102 Å². The van der Waals surface area contributed by atoms with Gasteiger partial charge in [0.2, 0.25) is 10.0 Å². The van der Waals surface area contributed by atoms with Crippen LogP contribution in [0.5, 0.6) is 5.88 Å². The molecular weight excluding hydrogens is 446 g/mol. The maximum absolute atomic E-state index is 13.8. The molecule has 1 atom stereocenters. The molecular formula is C18H19F4N3O5S. The van der Waals surface area contributed by atoms with E-state index in [1.54, 1.807) is 0 Å². The van der Waals surface area contributed by atoms with Crippen molar-refractivity contribution in [3.63, 3.8) is 0 Å². The number of alkyl halides is 3. The van der Waals surface area contributed by atoms with Crippen molar-refractivity contribution in [3.8, 4) is 5.88 Å². The first kappa shape index (κ1) is 23.0. The summed E-state index contributed by atoms with van der Waals surface area (Å²) in [4.78, 5) is 12.8. The summed E-state index contributed by atoms with van der Waals surface area (Å²) in [5.74, 6) is -3.40. The molecule has 31 heavy (non-hydrogen) atoms. The second-order valence-electron chi connectivity index (χ2n) is 7.02. The summed E-state index contributed by atoms with van der Waals surface area (Å²) >= 11 is 0. The lowest BCUT2D eigenvalue weighted by Gasteiger charge is -2.24. The Balaban J connectivity index is 0.000000339. The van der Waals surface area contributed by atoms with Crippen molar-refractivity contribution in [1.82, 2.24) is 13.9 Å². The number of fused-ring (bicyclic) bond motifs is 1. The molecule has 4 rings (SSSR count). The predicted molar refractivity (Wildman–Crippen MR) is 99.1 cm³/mol. The standard InChI is InChI=1S/C16H18FN3O3S.C2HF3O2/c17-15-4-1-7-18-16(15)23-13-10-19-8-2-3-12(19)9-20(11-13)24(21,22)14-5-6-14;3-2(4,5)1(6)7/h1-4,7-8,13-14H,5-6,9-11H2;(H,6,7). The van der Waals surface area contributed by atoms with E-state index in [1.807, 2.05) is 22.9 Å². The van der Waals surface area contributed by atoms with Crippen LogP contribution in [-0.4, -0.2) is 57.4 Å². The van der Waals surface area contributed by atoms with Crippen LogP contribution in [-0.2, 0) is 27.9 Å². The Morgan fingerprint density at radius 2 is 1.87 bits per heavy atom. The van der Waals surface area contributed by atoms with Crippen LogP contribution in [0, 0.1) is 5.82 Å². The number of nitrogens with zero attached hydrogens (tertiary/aromatic N) is 3. The molecule has 2 aromatic rings. The van der Waals surface area contributed by atoms with Gasteiger partial charge >= 0.3 is 12.1 Å². The van der Waals surface area contributed by atoms with Gasteiger partial charge in [-0.3, -0.25) is 0 Å². The minimum Gasteiger partial charge on any atom is -0.475 e. The summed E-state index contributed by atoms with van der Waals surface area (Å²) < 4.78 is 80.0. The van der Waals surface area contributed by atoms with Gasteiger partial charge in [-0.1, -0.05) is 0 Å². The smallest absolute Gasteiger partial charge is 0.475 e. The maximum atomic E-state index is 13.8. The molecule has 1 saturated carbocycles. The fraction of sp³-hybridized carbons (Fsp3) is 0.444. The quantitative estimate of drug-likeness (QED) is 0.696. The van der Waals surface area contributed by atoms with Gasteiger partial charge in [0.05, 0.1) is 24.9 Å². The minimum absolute atomic E-state index is 0.0955. The van der Waals surface area contributed by atoms with Gasteiger partial charge in [-0.2, -0.15) is 17.5 Å². The molecule has 1 N–H and O–H groups in total. The average Bonchev–Trinajstić information content (AvgIpc) is 3.48. The molecule has 0 spiro atoms. The number of carbonyl (C=O) groups is 1. The highest BCUT2D eigenvalue weighted by Gasteiger charge is 2.42. The minimum atomic E-state index is -5.08. The number of hydrogen-bond donors (Lipinski definition) is 1. The number of carboxylic acids is 1. The van der Waals surface area contributed by atoms with Crippen LogP contribution < -0.4 is 4.74 Å². The van der Waals surface area contributed by atoms with E-state index in [0.29, 0.717) is 25.9 Å². The van der Waals surface area contributed by atoms with Crippen molar-refractivity contribution in [3.05, 3.63) is 48.2 Å². The zero-order valence-corrected chi connectivity index (χ0v) is 16.8. The SMILES string of the molecule is O=C(O)C(F)(F)F.O=S(=O)(C1CC1)N1Cc2cccn2CC(Oc2ncccc2F)C1. The number of hydrogen-bond acceptors (Lipinski definition) is 5. The van der Waals surface area contributed by atoms with Gasteiger partial charge in [0.1, 0.15) is 6.10 Å². The number of carboxylic acid groups (broad SMARTS) is 1. The fourth-order valence-electron chi connectivity index (χ4n) is 2.98. The van der Waals surface area contributed by atoms with Gasteiger partial charge in [-0.25, -0.2) is 22.6 Å². The summed E-state index contributed by atoms with van der Waals surface area (Å²) in [5.41, 5.74) is 0.909. The third-order valence-electron chi connectivity index (χ3n) is 4.62. The third kappa shape index (κ3) is 5.73. The van der Waals surface area contributed by atoms with Crippen LogP contribution in [0.4, 0.5) is 17.6 Å². The van der Waals surface area contributed by atoms with E-state index < -0.39 is 34.1 Å². The Labute approximate surface area is 175 Å². The molecule has 1 unspecified atom stereocenters. The molecule has 0 bridgehead atoms. The summed E-state index contributed by atoms with van der Waals surface area (Å²) in [6.45, 7) is 0.960. The largest absolute Gasteiger partial charge is 0.490 e. The summed E-state index contributed by atoms with van der Waals surface area (Å²) in [6, 6.07) is 6.54. The predicted octanol–water partition coefficient (Wildman–Crippen LogP) is 2.41. The van der Waals surface area contributed by atoms with Crippen LogP contribution in [0.15, 0.2) is 36.7 Å². The van der Waals surface area contributed by atoms with Crippen molar-refractivity contribution in [1.29, 1.82) is 0 Å². The van der Waals surface area contributed by atoms with Gasteiger partial charge in [-0.05, 0) is 37.1 Å². The average molecular weight is 465 g/mol. The molecule has 1 fully saturated rings. The van der Waals surface area contributed by atoms with E-state index in [-0.39, 0.29) is 17.7 Å². The van der Waals surface area contributed by atoms with E-state index in [9.17, 15) is 26.0 Å². The molecule has 2 aromatic heterocycles. The molecule has 13 heteroatoms.